The van der Waals surface area contributed by atoms with Crippen molar-refractivity contribution in [1.29, 1.82) is 0 Å². The molecule has 2 aromatic heterocycles. The quantitative estimate of drug-likeness (QED) is 0.198. The SMILES string of the molecule is O=[N+]([O-])c1ccc(CSc2nnc3c4ccccc4n(Cc4ccccc4F)c3n2)cc1. The maximum absolute atomic E-state index is 14.3. The highest BCUT2D eigenvalue weighted by atomic mass is 32.2. The van der Waals surface area contributed by atoms with Gasteiger partial charge in [-0.05, 0) is 17.7 Å². The number of benzene rings is 3. The summed E-state index contributed by atoms with van der Waals surface area (Å²) in [5.74, 6) is 0.270. The van der Waals surface area contributed by atoms with Crippen molar-refractivity contribution in [2.24, 2.45) is 0 Å². The summed E-state index contributed by atoms with van der Waals surface area (Å²) in [6.45, 7) is 0.321. The predicted molar refractivity (Wildman–Crippen MR) is 121 cm³/mol. The van der Waals surface area contributed by atoms with E-state index < -0.39 is 4.92 Å². The van der Waals surface area contributed by atoms with Crippen LogP contribution in [0.4, 0.5) is 10.1 Å². The zero-order valence-electron chi connectivity index (χ0n) is 16.7. The van der Waals surface area contributed by atoms with Gasteiger partial charge in [-0.2, -0.15) is 0 Å². The number of thioether (sulfide) groups is 1. The number of fused-ring (bicyclic) bond motifs is 3. The summed E-state index contributed by atoms with van der Waals surface area (Å²) in [6, 6.07) is 20.8. The first-order valence-corrected chi connectivity index (χ1v) is 10.8. The van der Waals surface area contributed by atoms with Gasteiger partial charge in [0.1, 0.15) is 11.3 Å². The molecule has 0 bridgehead atoms. The van der Waals surface area contributed by atoms with Gasteiger partial charge < -0.3 is 4.57 Å². The lowest BCUT2D eigenvalue weighted by Gasteiger charge is -2.08. The molecule has 0 atom stereocenters. The molecule has 2 heterocycles. The summed E-state index contributed by atoms with van der Waals surface area (Å²) < 4.78 is 16.3. The van der Waals surface area contributed by atoms with E-state index in [-0.39, 0.29) is 11.5 Å². The van der Waals surface area contributed by atoms with Crippen LogP contribution >= 0.6 is 11.8 Å². The molecule has 0 radical (unpaired) electrons. The van der Waals surface area contributed by atoms with Gasteiger partial charge in [0, 0.05) is 28.8 Å². The van der Waals surface area contributed by atoms with Gasteiger partial charge in [-0.1, -0.05) is 60.3 Å². The standard InChI is InChI=1S/C23H16FN5O2S/c24-19-7-3-1-5-16(19)13-28-20-8-4-2-6-18(20)21-22(28)25-23(27-26-21)32-14-15-9-11-17(12-10-15)29(30)31/h1-12H,13-14H2. The predicted octanol–water partition coefficient (Wildman–Crippen LogP) is 5.37. The molecule has 0 spiro atoms. The number of para-hydroxylation sites is 1. The average molecular weight is 445 g/mol. The molecule has 0 aliphatic carbocycles. The molecule has 0 aliphatic rings. The van der Waals surface area contributed by atoms with Gasteiger partial charge in [-0.25, -0.2) is 9.37 Å². The Hall–Kier alpha value is -3.85. The molecule has 0 aliphatic heterocycles. The minimum absolute atomic E-state index is 0.0516. The summed E-state index contributed by atoms with van der Waals surface area (Å²) in [4.78, 5) is 15.1. The molecule has 0 saturated heterocycles. The Morgan fingerprint density at radius 2 is 1.72 bits per heavy atom. The van der Waals surface area contributed by atoms with E-state index in [2.05, 4.69) is 10.2 Å². The maximum Gasteiger partial charge on any atom is 0.269 e. The molecule has 9 heteroatoms. The van der Waals surface area contributed by atoms with Crippen molar-refractivity contribution in [3.8, 4) is 0 Å². The third-order valence-electron chi connectivity index (χ3n) is 5.16. The number of aromatic nitrogens is 4. The summed E-state index contributed by atoms with van der Waals surface area (Å²) in [6.07, 6.45) is 0. The molecular weight excluding hydrogens is 429 g/mol. The van der Waals surface area contributed by atoms with Gasteiger partial charge in [0.15, 0.2) is 5.65 Å². The zero-order chi connectivity index (χ0) is 22.1. The molecule has 7 nitrogen and oxygen atoms in total. The van der Waals surface area contributed by atoms with Crippen molar-refractivity contribution >= 4 is 39.5 Å². The number of halogens is 1. The van der Waals surface area contributed by atoms with Crippen molar-refractivity contribution in [2.75, 3.05) is 0 Å². The molecule has 0 fully saturated rings. The van der Waals surface area contributed by atoms with Gasteiger partial charge in [0.05, 0.1) is 17.0 Å². The fourth-order valence-electron chi connectivity index (χ4n) is 3.57. The van der Waals surface area contributed by atoms with Crippen molar-refractivity contribution in [3.05, 3.63) is 99.9 Å². The second-order valence-corrected chi connectivity index (χ2v) is 8.12. The van der Waals surface area contributed by atoms with Crippen LogP contribution in [-0.4, -0.2) is 24.7 Å². The van der Waals surface area contributed by atoms with Crippen LogP contribution in [0.5, 0.6) is 0 Å². The van der Waals surface area contributed by atoms with Crippen LogP contribution in [0, 0.1) is 15.9 Å². The molecule has 0 amide bonds. The van der Waals surface area contributed by atoms with Crippen molar-refractivity contribution < 1.29 is 9.31 Å². The fraction of sp³-hybridized carbons (Fsp3) is 0.0870. The Labute approximate surface area is 186 Å². The number of non-ortho nitro benzene ring substituents is 1. The topological polar surface area (TPSA) is 86.7 Å². The van der Waals surface area contributed by atoms with Gasteiger partial charge >= 0.3 is 0 Å². The second kappa shape index (κ2) is 8.35. The lowest BCUT2D eigenvalue weighted by atomic mass is 10.2. The third kappa shape index (κ3) is 3.78. The number of nitro benzene ring substituents is 1. The molecule has 5 aromatic rings. The van der Waals surface area contributed by atoms with E-state index >= 15 is 0 Å². The first-order chi connectivity index (χ1) is 15.6. The number of nitro groups is 1. The Morgan fingerprint density at radius 1 is 0.969 bits per heavy atom. The summed E-state index contributed by atoms with van der Waals surface area (Å²) in [5.41, 5.74) is 3.73. The third-order valence-corrected chi connectivity index (χ3v) is 6.06. The largest absolute Gasteiger partial charge is 0.319 e. The first-order valence-electron chi connectivity index (χ1n) is 9.81. The van der Waals surface area contributed by atoms with E-state index in [9.17, 15) is 14.5 Å². The Bertz CT molecular complexity index is 1450. The highest BCUT2D eigenvalue weighted by Gasteiger charge is 2.16. The highest BCUT2D eigenvalue weighted by Crippen LogP contribution is 2.29. The summed E-state index contributed by atoms with van der Waals surface area (Å²) >= 11 is 1.39. The van der Waals surface area contributed by atoms with Gasteiger partial charge in [-0.15, -0.1) is 10.2 Å². The fourth-order valence-corrected chi connectivity index (χ4v) is 4.31. The molecule has 0 saturated carbocycles. The highest BCUT2D eigenvalue weighted by molar-refractivity contribution is 7.98. The Morgan fingerprint density at radius 3 is 2.50 bits per heavy atom. The Balaban J connectivity index is 1.50. The maximum atomic E-state index is 14.3. The van der Waals surface area contributed by atoms with Crippen LogP contribution in [0.25, 0.3) is 22.1 Å². The van der Waals surface area contributed by atoms with Gasteiger partial charge in [-0.3, -0.25) is 10.1 Å². The molecule has 0 N–H and O–H groups in total. The normalized spacial score (nSPS) is 11.3. The first kappa shape index (κ1) is 20.1. The van der Waals surface area contributed by atoms with E-state index in [0.29, 0.717) is 34.2 Å². The van der Waals surface area contributed by atoms with Crippen LogP contribution in [0.15, 0.2) is 78.0 Å². The monoisotopic (exact) mass is 445 g/mol. The Kier molecular flexibility index (Phi) is 5.24. The molecule has 158 valence electrons. The molecule has 0 unspecified atom stereocenters. The number of nitrogens with zero attached hydrogens (tertiary/aromatic N) is 5. The number of rotatable bonds is 6. The minimum atomic E-state index is -0.424. The van der Waals surface area contributed by atoms with E-state index in [1.807, 2.05) is 34.9 Å². The summed E-state index contributed by atoms with van der Waals surface area (Å²) in [5, 5.41) is 20.9. The average Bonchev–Trinajstić information content (AvgIpc) is 3.12. The molecule has 3 aromatic carbocycles. The molecule has 32 heavy (non-hydrogen) atoms. The second-order valence-electron chi connectivity index (χ2n) is 7.17. The summed E-state index contributed by atoms with van der Waals surface area (Å²) in [7, 11) is 0. The lowest BCUT2D eigenvalue weighted by molar-refractivity contribution is -0.384. The van der Waals surface area contributed by atoms with Crippen molar-refractivity contribution in [2.45, 2.75) is 17.5 Å². The van der Waals surface area contributed by atoms with Crippen LogP contribution in [0.1, 0.15) is 11.1 Å². The van der Waals surface area contributed by atoms with E-state index in [0.717, 1.165) is 16.5 Å². The van der Waals surface area contributed by atoms with Gasteiger partial charge in [0.25, 0.3) is 5.69 Å². The van der Waals surface area contributed by atoms with Crippen LogP contribution in [0.3, 0.4) is 0 Å². The van der Waals surface area contributed by atoms with E-state index in [4.69, 9.17) is 4.98 Å². The zero-order valence-corrected chi connectivity index (χ0v) is 17.5. The number of hydrogen-bond acceptors (Lipinski definition) is 6. The smallest absolute Gasteiger partial charge is 0.269 e. The van der Waals surface area contributed by atoms with E-state index in [1.165, 1.54) is 30.0 Å². The van der Waals surface area contributed by atoms with Crippen molar-refractivity contribution in [1.82, 2.24) is 19.7 Å². The van der Waals surface area contributed by atoms with E-state index in [1.54, 1.807) is 24.3 Å². The van der Waals surface area contributed by atoms with Gasteiger partial charge in [0.2, 0.25) is 5.16 Å². The van der Waals surface area contributed by atoms with Crippen LogP contribution < -0.4 is 0 Å². The van der Waals surface area contributed by atoms with Crippen LogP contribution in [0.2, 0.25) is 0 Å². The molecular formula is C23H16FN5O2S. The van der Waals surface area contributed by atoms with Crippen molar-refractivity contribution in [3.63, 3.8) is 0 Å². The van der Waals surface area contributed by atoms with Crippen LogP contribution in [-0.2, 0) is 12.3 Å². The lowest BCUT2D eigenvalue weighted by Crippen LogP contribution is -2.04. The number of hydrogen-bond donors (Lipinski definition) is 0. The molecule has 5 rings (SSSR count). The minimum Gasteiger partial charge on any atom is -0.319 e.